The first kappa shape index (κ1) is 23.0. The maximum atomic E-state index is 12.2. The molecular formula is C26H31ClN6O. The Balaban J connectivity index is 0.00000241. The fourth-order valence-corrected chi connectivity index (χ4v) is 5.21. The molecular weight excluding hydrogens is 448 g/mol. The summed E-state index contributed by atoms with van der Waals surface area (Å²) in [7, 11) is 0. The van der Waals surface area contributed by atoms with E-state index in [9.17, 15) is 4.79 Å². The number of fused-ring (bicyclic) bond motifs is 2. The monoisotopic (exact) mass is 478 g/mol. The molecule has 3 N–H and O–H groups in total. The number of nitrogens with one attached hydrogen (secondary N) is 1. The van der Waals surface area contributed by atoms with Crippen LogP contribution in [-0.2, 0) is 17.6 Å². The molecule has 2 fully saturated rings. The minimum absolute atomic E-state index is 0. The highest BCUT2D eigenvalue weighted by molar-refractivity contribution is 5.97. The molecule has 2 aromatic heterocycles. The third kappa shape index (κ3) is 4.46. The first-order valence-corrected chi connectivity index (χ1v) is 12.3. The summed E-state index contributed by atoms with van der Waals surface area (Å²) in [5.41, 5.74) is 12.2. The van der Waals surface area contributed by atoms with E-state index < -0.39 is 0 Å². The predicted octanol–water partition coefficient (Wildman–Crippen LogP) is 4.27. The van der Waals surface area contributed by atoms with E-state index in [0.717, 1.165) is 61.7 Å². The highest BCUT2D eigenvalue weighted by Crippen LogP contribution is 2.38. The molecule has 0 unspecified atom stereocenters. The maximum absolute atomic E-state index is 12.2. The molecule has 1 aromatic carbocycles. The lowest BCUT2D eigenvalue weighted by Gasteiger charge is -2.25. The van der Waals surface area contributed by atoms with Crippen LogP contribution in [0.5, 0.6) is 0 Å². The summed E-state index contributed by atoms with van der Waals surface area (Å²) in [6.45, 7) is 1.87. The highest BCUT2D eigenvalue weighted by atomic mass is 35.5. The van der Waals surface area contributed by atoms with Crippen molar-refractivity contribution in [3.05, 3.63) is 41.7 Å². The molecule has 3 aliphatic rings. The zero-order valence-corrected chi connectivity index (χ0v) is 20.1. The van der Waals surface area contributed by atoms with Crippen molar-refractivity contribution in [2.75, 3.05) is 23.3 Å². The zero-order valence-electron chi connectivity index (χ0n) is 19.3. The number of hydrogen-bond donors (Lipinski definition) is 2. The van der Waals surface area contributed by atoms with Crippen LogP contribution in [0.1, 0.15) is 49.8 Å². The Morgan fingerprint density at radius 2 is 1.91 bits per heavy atom. The van der Waals surface area contributed by atoms with Gasteiger partial charge in [-0.3, -0.25) is 9.78 Å². The van der Waals surface area contributed by atoms with Crippen LogP contribution >= 0.6 is 12.4 Å². The molecule has 1 saturated carbocycles. The molecule has 7 nitrogen and oxygen atoms in total. The molecule has 6 rings (SSSR count). The van der Waals surface area contributed by atoms with E-state index in [2.05, 4.69) is 32.3 Å². The van der Waals surface area contributed by atoms with Crippen LogP contribution in [0.4, 0.5) is 11.5 Å². The van der Waals surface area contributed by atoms with Crippen molar-refractivity contribution in [2.24, 2.45) is 11.7 Å². The summed E-state index contributed by atoms with van der Waals surface area (Å²) in [6.07, 6.45) is 10.4. The topological polar surface area (TPSA) is 97.0 Å². The summed E-state index contributed by atoms with van der Waals surface area (Å²) >= 11 is 0. The van der Waals surface area contributed by atoms with Gasteiger partial charge in [0.1, 0.15) is 5.82 Å². The lowest BCUT2D eigenvalue weighted by molar-refractivity contribution is -0.117. The number of anilines is 2. The number of nitrogens with two attached hydrogens (primary N) is 1. The number of hydrogen-bond acceptors (Lipinski definition) is 6. The van der Waals surface area contributed by atoms with Crippen LogP contribution in [-0.4, -0.2) is 40.0 Å². The molecule has 0 spiro atoms. The van der Waals surface area contributed by atoms with Crippen LogP contribution in [0.15, 0.2) is 30.5 Å². The number of benzene rings is 1. The number of aryl methyl sites for hydroxylation is 1. The summed E-state index contributed by atoms with van der Waals surface area (Å²) in [5, 5.41) is 4.09. The lowest BCUT2D eigenvalue weighted by atomic mass is 9.99. The van der Waals surface area contributed by atoms with Crippen LogP contribution in [0.2, 0.25) is 0 Å². The number of carbonyl (C=O) groups excluding carboxylic acids is 1. The summed E-state index contributed by atoms with van der Waals surface area (Å²) in [6, 6.07) is 8.28. The molecule has 1 amide bonds. The number of rotatable bonds is 4. The lowest BCUT2D eigenvalue weighted by Crippen LogP contribution is -2.27. The van der Waals surface area contributed by atoms with Gasteiger partial charge in [0.25, 0.3) is 0 Å². The minimum atomic E-state index is 0. The van der Waals surface area contributed by atoms with E-state index in [4.69, 9.17) is 10.7 Å². The molecule has 1 atom stereocenters. The van der Waals surface area contributed by atoms with Gasteiger partial charge in [-0.1, -0.05) is 6.42 Å². The van der Waals surface area contributed by atoms with Gasteiger partial charge in [0.2, 0.25) is 5.91 Å². The van der Waals surface area contributed by atoms with E-state index in [1.807, 2.05) is 6.07 Å². The number of pyridine rings is 1. The molecule has 3 heterocycles. The largest absolute Gasteiger partial charge is 0.369 e. The molecule has 3 aromatic rings. The molecule has 2 aliphatic carbocycles. The standard InChI is InChI=1S/C26H30N6O.ClH/c27-18-11-13-32(15-18)24-19-4-2-1-3-5-21(19)29-22-9-8-17(14-20(22)24)25-28-12-10-23(30-25)31-26(33)16-6-7-16;/h8-10,12,14,16,18H,1-7,11,13,15,27H2,(H,28,30,31,33);1H/t18-;/m0./s1. The van der Waals surface area contributed by atoms with Crippen LogP contribution in [0, 0.1) is 5.92 Å². The third-order valence-electron chi connectivity index (χ3n) is 7.14. The zero-order chi connectivity index (χ0) is 22.4. The fourth-order valence-electron chi connectivity index (χ4n) is 5.21. The number of carbonyl (C=O) groups is 1. The van der Waals surface area contributed by atoms with Gasteiger partial charge in [0, 0.05) is 47.9 Å². The van der Waals surface area contributed by atoms with Gasteiger partial charge in [0.15, 0.2) is 5.82 Å². The summed E-state index contributed by atoms with van der Waals surface area (Å²) in [5.74, 6) is 1.37. The molecule has 8 heteroatoms. The van der Waals surface area contributed by atoms with Crippen LogP contribution in [0.25, 0.3) is 22.3 Å². The van der Waals surface area contributed by atoms with E-state index >= 15 is 0 Å². The van der Waals surface area contributed by atoms with Crippen molar-refractivity contribution in [3.8, 4) is 11.4 Å². The van der Waals surface area contributed by atoms with Gasteiger partial charge in [-0.2, -0.15) is 0 Å². The van der Waals surface area contributed by atoms with Crippen LogP contribution < -0.4 is 16.0 Å². The van der Waals surface area contributed by atoms with Gasteiger partial charge in [-0.15, -0.1) is 12.4 Å². The number of amides is 1. The SMILES string of the molecule is Cl.N[C@H]1CCN(c2c3c(nc4ccc(-c5nccc(NC(=O)C6CC6)n5)cc24)CCCCC3)C1. The normalized spacial score (nSPS) is 19.9. The van der Waals surface area contributed by atoms with Crippen molar-refractivity contribution in [1.29, 1.82) is 0 Å². The van der Waals surface area contributed by atoms with Gasteiger partial charge < -0.3 is 16.0 Å². The Hall–Kier alpha value is -2.77. The van der Waals surface area contributed by atoms with Crippen molar-refractivity contribution < 1.29 is 4.79 Å². The Morgan fingerprint density at radius 3 is 2.71 bits per heavy atom. The van der Waals surface area contributed by atoms with Gasteiger partial charge in [-0.05, 0) is 74.8 Å². The molecule has 0 radical (unpaired) electrons. The van der Waals surface area contributed by atoms with Gasteiger partial charge >= 0.3 is 0 Å². The Bertz CT molecular complexity index is 1230. The predicted molar refractivity (Wildman–Crippen MR) is 137 cm³/mol. The Kier molecular flexibility index (Phi) is 6.40. The maximum Gasteiger partial charge on any atom is 0.228 e. The van der Waals surface area contributed by atoms with Crippen molar-refractivity contribution in [2.45, 2.75) is 57.4 Å². The smallest absolute Gasteiger partial charge is 0.228 e. The molecule has 0 bridgehead atoms. The molecule has 178 valence electrons. The van der Waals surface area contributed by atoms with E-state index in [-0.39, 0.29) is 30.3 Å². The third-order valence-corrected chi connectivity index (χ3v) is 7.14. The Morgan fingerprint density at radius 1 is 1.06 bits per heavy atom. The van der Waals surface area contributed by atoms with Crippen molar-refractivity contribution >= 4 is 40.7 Å². The Labute approximate surface area is 206 Å². The number of aromatic nitrogens is 3. The fraction of sp³-hybridized carbons (Fsp3) is 0.462. The van der Waals surface area contributed by atoms with Crippen LogP contribution in [0.3, 0.4) is 0 Å². The second-order valence-corrected chi connectivity index (χ2v) is 9.70. The second kappa shape index (κ2) is 9.47. The van der Waals surface area contributed by atoms with Gasteiger partial charge in [0.05, 0.1) is 11.2 Å². The van der Waals surface area contributed by atoms with E-state index in [1.165, 1.54) is 36.2 Å². The van der Waals surface area contributed by atoms with Crippen molar-refractivity contribution in [3.63, 3.8) is 0 Å². The highest BCUT2D eigenvalue weighted by Gasteiger charge is 2.30. The van der Waals surface area contributed by atoms with Gasteiger partial charge in [-0.25, -0.2) is 9.97 Å². The first-order chi connectivity index (χ1) is 16.2. The summed E-state index contributed by atoms with van der Waals surface area (Å²) < 4.78 is 0. The van der Waals surface area contributed by atoms with Crippen molar-refractivity contribution in [1.82, 2.24) is 15.0 Å². The molecule has 34 heavy (non-hydrogen) atoms. The number of nitrogens with zero attached hydrogens (tertiary/aromatic N) is 4. The van der Waals surface area contributed by atoms with E-state index in [1.54, 1.807) is 12.3 Å². The van der Waals surface area contributed by atoms with E-state index in [0.29, 0.717) is 11.6 Å². The molecule has 1 saturated heterocycles. The second-order valence-electron chi connectivity index (χ2n) is 9.70. The molecule has 1 aliphatic heterocycles. The minimum Gasteiger partial charge on any atom is -0.369 e. The first-order valence-electron chi connectivity index (χ1n) is 12.3. The average molecular weight is 479 g/mol. The summed E-state index contributed by atoms with van der Waals surface area (Å²) in [4.78, 5) is 28.9. The number of halogens is 1. The quantitative estimate of drug-likeness (QED) is 0.543. The average Bonchev–Trinajstić information content (AvgIpc) is 3.62.